The first-order chi connectivity index (χ1) is 6.66. The topological polar surface area (TPSA) is 53.4 Å². The second-order valence-electron chi connectivity index (χ2n) is 2.74. The minimum atomic E-state index is -1.00. The molecule has 0 saturated carbocycles. The number of carboxylic acids is 1. The molecular formula is C10H10N2O2. The van der Waals surface area contributed by atoms with Gasteiger partial charge in [-0.05, 0) is 12.1 Å². The van der Waals surface area contributed by atoms with E-state index in [0.29, 0.717) is 12.4 Å². The van der Waals surface area contributed by atoms with Crippen molar-refractivity contribution in [2.45, 2.75) is 0 Å². The molecule has 0 saturated heterocycles. The van der Waals surface area contributed by atoms with Gasteiger partial charge in [-0.25, -0.2) is 9.78 Å². The monoisotopic (exact) mass is 190 g/mol. The number of hydrogen-bond donors (Lipinski definition) is 1. The fraction of sp³-hybridized carbons (Fsp3) is 0.200. The van der Waals surface area contributed by atoms with Gasteiger partial charge in [0.1, 0.15) is 11.4 Å². The van der Waals surface area contributed by atoms with Gasteiger partial charge < -0.3 is 10.0 Å². The normalized spacial score (nSPS) is 9.14. The standard InChI is InChI=1S/C10H10N2O2/c1-3-7-12(2)9-8(10(13)14)5-4-6-11-9/h1,4-6H,7H2,2H3,(H,13,14). The van der Waals surface area contributed by atoms with Crippen LogP contribution in [-0.2, 0) is 0 Å². The molecule has 0 atom stereocenters. The summed E-state index contributed by atoms with van der Waals surface area (Å²) in [6, 6.07) is 3.08. The molecule has 1 aromatic rings. The van der Waals surface area contributed by atoms with E-state index in [4.69, 9.17) is 11.5 Å². The predicted octanol–water partition coefficient (Wildman–Crippen LogP) is 0.849. The molecule has 0 aliphatic heterocycles. The van der Waals surface area contributed by atoms with Crippen LogP contribution in [-0.4, -0.2) is 29.7 Å². The summed E-state index contributed by atoms with van der Waals surface area (Å²) in [5.41, 5.74) is 0.158. The minimum absolute atomic E-state index is 0.158. The van der Waals surface area contributed by atoms with Crippen LogP contribution < -0.4 is 4.90 Å². The number of pyridine rings is 1. The number of aromatic nitrogens is 1. The Bertz CT molecular complexity index is 382. The lowest BCUT2D eigenvalue weighted by molar-refractivity contribution is 0.0697. The molecule has 72 valence electrons. The van der Waals surface area contributed by atoms with E-state index >= 15 is 0 Å². The maximum Gasteiger partial charge on any atom is 0.339 e. The number of anilines is 1. The third kappa shape index (κ3) is 2.02. The van der Waals surface area contributed by atoms with Gasteiger partial charge in [0.05, 0.1) is 6.54 Å². The SMILES string of the molecule is C#CCN(C)c1ncccc1C(=O)O. The molecule has 14 heavy (non-hydrogen) atoms. The summed E-state index contributed by atoms with van der Waals surface area (Å²) in [6.45, 7) is 0.331. The molecule has 1 rings (SSSR count). The summed E-state index contributed by atoms with van der Waals surface area (Å²) >= 11 is 0. The molecule has 0 fully saturated rings. The van der Waals surface area contributed by atoms with Crippen LogP contribution in [0.15, 0.2) is 18.3 Å². The summed E-state index contributed by atoms with van der Waals surface area (Å²) < 4.78 is 0. The maximum atomic E-state index is 10.8. The van der Waals surface area contributed by atoms with Gasteiger partial charge in [0.2, 0.25) is 0 Å². The van der Waals surface area contributed by atoms with Gasteiger partial charge in [-0.2, -0.15) is 0 Å². The van der Waals surface area contributed by atoms with Crippen molar-refractivity contribution in [3.8, 4) is 12.3 Å². The van der Waals surface area contributed by atoms with Crippen molar-refractivity contribution in [2.75, 3.05) is 18.5 Å². The van der Waals surface area contributed by atoms with Crippen LogP contribution >= 0.6 is 0 Å². The molecule has 0 aliphatic rings. The van der Waals surface area contributed by atoms with Gasteiger partial charge in [0, 0.05) is 13.2 Å². The van der Waals surface area contributed by atoms with Gasteiger partial charge in [-0.3, -0.25) is 0 Å². The van der Waals surface area contributed by atoms with Crippen LogP contribution in [0.5, 0.6) is 0 Å². The third-order valence-electron chi connectivity index (χ3n) is 1.71. The van der Waals surface area contributed by atoms with E-state index in [1.807, 2.05) is 0 Å². The van der Waals surface area contributed by atoms with Crippen LogP contribution in [0.4, 0.5) is 5.82 Å². The Morgan fingerprint density at radius 1 is 1.79 bits per heavy atom. The molecule has 0 amide bonds. The van der Waals surface area contributed by atoms with E-state index in [9.17, 15) is 4.79 Å². The molecular weight excluding hydrogens is 180 g/mol. The van der Waals surface area contributed by atoms with Crippen molar-refractivity contribution < 1.29 is 9.90 Å². The molecule has 1 aromatic heterocycles. The first-order valence-corrected chi connectivity index (χ1v) is 3.99. The molecule has 4 nitrogen and oxygen atoms in total. The molecule has 1 N–H and O–H groups in total. The van der Waals surface area contributed by atoms with E-state index < -0.39 is 5.97 Å². The van der Waals surface area contributed by atoms with Crippen LogP contribution in [0.1, 0.15) is 10.4 Å². The van der Waals surface area contributed by atoms with Crippen LogP contribution in [0.25, 0.3) is 0 Å². The lowest BCUT2D eigenvalue weighted by atomic mass is 10.2. The van der Waals surface area contributed by atoms with Gasteiger partial charge in [0.25, 0.3) is 0 Å². The number of carboxylic acid groups (broad SMARTS) is 1. The largest absolute Gasteiger partial charge is 0.478 e. The Hall–Kier alpha value is -2.02. The van der Waals surface area contributed by atoms with Crippen LogP contribution in [0.3, 0.4) is 0 Å². The van der Waals surface area contributed by atoms with Crippen LogP contribution in [0.2, 0.25) is 0 Å². The number of rotatable bonds is 3. The van der Waals surface area contributed by atoms with E-state index in [2.05, 4.69) is 10.9 Å². The highest BCUT2D eigenvalue weighted by atomic mass is 16.4. The van der Waals surface area contributed by atoms with Gasteiger partial charge in [-0.15, -0.1) is 6.42 Å². The smallest absolute Gasteiger partial charge is 0.339 e. The molecule has 0 aliphatic carbocycles. The second-order valence-corrected chi connectivity index (χ2v) is 2.74. The molecule has 0 unspecified atom stereocenters. The molecule has 4 heteroatoms. The maximum absolute atomic E-state index is 10.8. The molecule has 0 radical (unpaired) electrons. The number of carbonyl (C=O) groups is 1. The van der Waals surface area contributed by atoms with Gasteiger partial charge >= 0.3 is 5.97 Å². The average molecular weight is 190 g/mol. The van der Waals surface area contributed by atoms with Crippen molar-refractivity contribution >= 4 is 11.8 Å². The number of aromatic carboxylic acids is 1. The summed E-state index contributed by atoms with van der Waals surface area (Å²) in [6.07, 6.45) is 6.66. The first kappa shape index (κ1) is 10.1. The van der Waals surface area contributed by atoms with E-state index in [1.165, 1.54) is 12.3 Å². The molecule has 1 heterocycles. The highest BCUT2D eigenvalue weighted by molar-refractivity contribution is 5.93. The minimum Gasteiger partial charge on any atom is -0.478 e. The summed E-state index contributed by atoms with van der Waals surface area (Å²) in [5, 5.41) is 8.86. The van der Waals surface area contributed by atoms with Crippen molar-refractivity contribution in [1.82, 2.24) is 4.98 Å². The van der Waals surface area contributed by atoms with Crippen molar-refractivity contribution in [2.24, 2.45) is 0 Å². The fourth-order valence-corrected chi connectivity index (χ4v) is 1.08. The van der Waals surface area contributed by atoms with Crippen LogP contribution in [0, 0.1) is 12.3 Å². The van der Waals surface area contributed by atoms with Crippen molar-refractivity contribution in [1.29, 1.82) is 0 Å². The zero-order chi connectivity index (χ0) is 10.6. The molecule has 0 bridgehead atoms. The van der Waals surface area contributed by atoms with E-state index in [0.717, 1.165) is 0 Å². The predicted molar refractivity (Wildman–Crippen MR) is 53.3 cm³/mol. The Morgan fingerprint density at radius 2 is 2.50 bits per heavy atom. The summed E-state index contributed by atoms with van der Waals surface area (Å²) in [4.78, 5) is 16.4. The number of nitrogens with zero attached hydrogens (tertiary/aromatic N) is 2. The van der Waals surface area contributed by atoms with E-state index in [-0.39, 0.29) is 5.56 Å². The molecule has 0 spiro atoms. The van der Waals surface area contributed by atoms with Crippen molar-refractivity contribution in [3.63, 3.8) is 0 Å². The van der Waals surface area contributed by atoms with Gasteiger partial charge in [-0.1, -0.05) is 5.92 Å². The zero-order valence-electron chi connectivity index (χ0n) is 7.77. The highest BCUT2D eigenvalue weighted by Crippen LogP contribution is 2.14. The summed E-state index contributed by atoms with van der Waals surface area (Å²) in [5.74, 6) is 1.81. The Morgan fingerprint density at radius 3 is 3.07 bits per heavy atom. The average Bonchev–Trinajstić information content (AvgIpc) is 2.18. The second kappa shape index (κ2) is 4.28. The quantitative estimate of drug-likeness (QED) is 0.718. The number of terminal acetylenes is 1. The first-order valence-electron chi connectivity index (χ1n) is 3.99. The summed E-state index contributed by atoms with van der Waals surface area (Å²) in [7, 11) is 1.70. The lowest BCUT2D eigenvalue weighted by Crippen LogP contribution is -2.21. The fourth-order valence-electron chi connectivity index (χ4n) is 1.08. The Labute approximate surface area is 82.2 Å². The van der Waals surface area contributed by atoms with Crippen molar-refractivity contribution in [3.05, 3.63) is 23.9 Å². The third-order valence-corrected chi connectivity index (χ3v) is 1.71. The van der Waals surface area contributed by atoms with Gasteiger partial charge in [0.15, 0.2) is 0 Å². The Balaban J connectivity index is 3.08. The molecule has 0 aromatic carbocycles. The highest BCUT2D eigenvalue weighted by Gasteiger charge is 2.12. The lowest BCUT2D eigenvalue weighted by Gasteiger charge is -2.16. The Kier molecular flexibility index (Phi) is 3.08. The zero-order valence-corrected chi connectivity index (χ0v) is 7.77. The van der Waals surface area contributed by atoms with E-state index in [1.54, 1.807) is 18.0 Å². The number of hydrogen-bond acceptors (Lipinski definition) is 3.